The molecule has 1 aromatic rings. The van der Waals surface area contributed by atoms with Gasteiger partial charge < -0.3 is 9.64 Å². The zero-order valence-corrected chi connectivity index (χ0v) is 14.1. The van der Waals surface area contributed by atoms with Crippen LogP contribution in [-0.2, 0) is 4.74 Å². The lowest BCUT2D eigenvalue weighted by Crippen LogP contribution is -2.50. The average molecular weight is 305 g/mol. The summed E-state index contributed by atoms with van der Waals surface area (Å²) in [5.74, 6) is 0. The largest absolute Gasteiger partial charge is 0.444 e. The number of rotatable bonds is 3. The van der Waals surface area contributed by atoms with E-state index in [-0.39, 0.29) is 6.09 Å². The van der Waals surface area contributed by atoms with Gasteiger partial charge in [-0.25, -0.2) is 4.79 Å². The third kappa shape index (κ3) is 4.44. The van der Waals surface area contributed by atoms with Crippen molar-refractivity contribution in [3.63, 3.8) is 0 Å². The van der Waals surface area contributed by atoms with Gasteiger partial charge in [-0.2, -0.15) is 0 Å². The number of carbonyl (C=O) groups excluding carboxylic acids is 1. The number of nitrogens with zero attached hydrogens (tertiary/aromatic N) is 3. The number of piperazine rings is 1. The quantitative estimate of drug-likeness (QED) is 0.861. The van der Waals surface area contributed by atoms with E-state index < -0.39 is 5.60 Å². The molecule has 1 amide bonds. The van der Waals surface area contributed by atoms with Gasteiger partial charge in [0, 0.05) is 32.4 Å². The Morgan fingerprint density at radius 1 is 1.27 bits per heavy atom. The van der Waals surface area contributed by atoms with Crippen LogP contribution in [0.5, 0.6) is 0 Å². The van der Waals surface area contributed by atoms with Crippen LogP contribution in [0.25, 0.3) is 0 Å². The fraction of sp³-hybridized carbons (Fsp3) is 0.647. The first kappa shape index (κ1) is 16.7. The summed E-state index contributed by atoms with van der Waals surface area (Å²) in [4.78, 5) is 20.8. The van der Waals surface area contributed by atoms with Crippen LogP contribution in [0.1, 0.15) is 45.9 Å². The Bertz CT molecular complexity index is 476. The molecule has 1 saturated heterocycles. The number of ether oxygens (including phenoxy) is 1. The highest BCUT2D eigenvalue weighted by molar-refractivity contribution is 5.68. The van der Waals surface area contributed by atoms with Crippen molar-refractivity contribution >= 4 is 6.09 Å². The van der Waals surface area contributed by atoms with E-state index in [4.69, 9.17) is 4.74 Å². The second-order valence-electron chi connectivity index (χ2n) is 6.68. The monoisotopic (exact) mass is 305 g/mol. The second kappa shape index (κ2) is 7.09. The van der Waals surface area contributed by atoms with Crippen molar-refractivity contribution in [2.75, 3.05) is 26.2 Å². The highest BCUT2D eigenvalue weighted by Crippen LogP contribution is 2.24. The maximum Gasteiger partial charge on any atom is 0.410 e. The van der Waals surface area contributed by atoms with Crippen molar-refractivity contribution in [3.8, 4) is 0 Å². The van der Waals surface area contributed by atoms with E-state index in [1.165, 1.54) is 0 Å². The number of hydrogen-bond donors (Lipinski definition) is 0. The molecule has 22 heavy (non-hydrogen) atoms. The van der Waals surface area contributed by atoms with Gasteiger partial charge >= 0.3 is 6.09 Å². The Hall–Kier alpha value is -1.62. The molecular formula is C17H27N3O2. The predicted octanol–water partition coefficient (Wildman–Crippen LogP) is 3.09. The molecule has 2 rings (SSSR count). The molecule has 1 atom stereocenters. The topological polar surface area (TPSA) is 45.7 Å². The molecule has 0 N–H and O–H groups in total. The lowest BCUT2D eigenvalue weighted by atomic mass is 10.1. The first-order chi connectivity index (χ1) is 10.4. The predicted molar refractivity (Wildman–Crippen MR) is 86.6 cm³/mol. The SMILES string of the molecule is CCC(c1ccccn1)N1CCN(C(=O)OC(C)(C)C)CC1. The van der Waals surface area contributed by atoms with Crippen molar-refractivity contribution < 1.29 is 9.53 Å². The number of hydrogen-bond acceptors (Lipinski definition) is 4. The van der Waals surface area contributed by atoms with Gasteiger partial charge in [-0.15, -0.1) is 0 Å². The van der Waals surface area contributed by atoms with Crippen LogP contribution >= 0.6 is 0 Å². The Morgan fingerprint density at radius 2 is 1.95 bits per heavy atom. The van der Waals surface area contributed by atoms with E-state index in [0.717, 1.165) is 25.2 Å². The van der Waals surface area contributed by atoms with E-state index in [1.54, 1.807) is 4.90 Å². The summed E-state index contributed by atoms with van der Waals surface area (Å²) in [6.45, 7) is 11.0. The summed E-state index contributed by atoms with van der Waals surface area (Å²) >= 11 is 0. The van der Waals surface area contributed by atoms with Crippen LogP contribution in [0.15, 0.2) is 24.4 Å². The van der Waals surface area contributed by atoms with Crippen LogP contribution < -0.4 is 0 Å². The van der Waals surface area contributed by atoms with Gasteiger partial charge in [0.2, 0.25) is 0 Å². The summed E-state index contributed by atoms with van der Waals surface area (Å²) in [5, 5.41) is 0. The molecule has 1 aliphatic heterocycles. The Balaban J connectivity index is 1.92. The summed E-state index contributed by atoms with van der Waals surface area (Å²) in [6.07, 6.45) is 2.65. The van der Waals surface area contributed by atoms with Crippen LogP contribution in [0.3, 0.4) is 0 Å². The van der Waals surface area contributed by atoms with Gasteiger partial charge in [0.05, 0.1) is 11.7 Å². The molecular weight excluding hydrogens is 278 g/mol. The van der Waals surface area contributed by atoms with Gasteiger partial charge in [0.1, 0.15) is 5.60 Å². The highest BCUT2D eigenvalue weighted by atomic mass is 16.6. The molecule has 0 spiro atoms. The third-order valence-electron chi connectivity index (χ3n) is 3.82. The van der Waals surface area contributed by atoms with Crippen molar-refractivity contribution in [1.82, 2.24) is 14.8 Å². The lowest BCUT2D eigenvalue weighted by Gasteiger charge is -2.39. The fourth-order valence-electron chi connectivity index (χ4n) is 2.77. The minimum Gasteiger partial charge on any atom is -0.444 e. The van der Waals surface area contributed by atoms with Crippen LogP contribution in [0.4, 0.5) is 4.79 Å². The number of aromatic nitrogens is 1. The molecule has 0 bridgehead atoms. The van der Waals surface area contributed by atoms with Crippen molar-refractivity contribution in [2.24, 2.45) is 0 Å². The zero-order valence-electron chi connectivity index (χ0n) is 14.1. The van der Waals surface area contributed by atoms with Gasteiger partial charge in [-0.3, -0.25) is 9.88 Å². The van der Waals surface area contributed by atoms with E-state index in [1.807, 2.05) is 39.1 Å². The molecule has 1 aliphatic rings. The van der Waals surface area contributed by atoms with E-state index in [0.29, 0.717) is 19.1 Å². The third-order valence-corrected chi connectivity index (χ3v) is 3.82. The zero-order chi connectivity index (χ0) is 16.2. The first-order valence-corrected chi connectivity index (χ1v) is 8.03. The summed E-state index contributed by atoms with van der Waals surface area (Å²) < 4.78 is 5.44. The smallest absolute Gasteiger partial charge is 0.410 e. The minimum atomic E-state index is -0.436. The highest BCUT2D eigenvalue weighted by Gasteiger charge is 2.29. The Kier molecular flexibility index (Phi) is 5.40. The maximum absolute atomic E-state index is 12.1. The van der Waals surface area contributed by atoms with E-state index in [9.17, 15) is 4.79 Å². The summed E-state index contributed by atoms with van der Waals surface area (Å²) in [5.41, 5.74) is 0.671. The molecule has 0 aliphatic carbocycles. The van der Waals surface area contributed by atoms with Crippen LogP contribution in [0, 0.1) is 0 Å². The van der Waals surface area contributed by atoms with Crippen molar-refractivity contribution in [3.05, 3.63) is 30.1 Å². The van der Waals surface area contributed by atoms with Gasteiger partial charge in [0.25, 0.3) is 0 Å². The number of amides is 1. The number of pyridine rings is 1. The lowest BCUT2D eigenvalue weighted by molar-refractivity contribution is 0.00978. The summed E-state index contributed by atoms with van der Waals surface area (Å²) in [7, 11) is 0. The Morgan fingerprint density at radius 3 is 2.45 bits per heavy atom. The van der Waals surface area contributed by atoms with Crippen molar-refractivity contribution in [1.29, 1.82) is 0 Å². The molecule has 0 radical (unpaired) electrons. The molecule has 1 unspecified atom stereocenters. The van der Waals surface area contributed by atoms with Gasteiger partial charge in [-0.05, 0) is 39.3 Å². The van der Waals surface area contributed by atoms with Crippen LogP contribution in [0.2, 0.25) is 0 Å². The molecule has 2 heterocycles. The molecule has 5 heteroatoms. The van der Waals surface area contributed by atoms with Gasteiger partial charge in [0.15, 0.2) is 0 Å². The molecule has 0 saturated carbocycles. The molecule has 1 fully saturated rings. The molecule has 122 valence electrons. The second-order valence-corrected chi connectivity index (χ2v) is 6.68. The molecule has 1 aromatic heterocycles. The summed E-state index contributed by atoms with van der Waals surface area (Å²) in [6, 6.07) is 6.37. The maximum atomic E-state index is 12.1. The molecule has 0 aromatic carbocycles. The van der Waals surface area contributed by atoms with E-state index in [2.05, 4.69) is 22.9 Å². The standard InChI is InChI=1S/C17H27N3O2/c1-5-15(14-8-6-7-9-18-14)19-10-12-20(13-11-19)16(21)22-17(2,3)4/h6-9,15H,5,10-13H2,1-4H3. The Labute approximate surface area is 133 Å². The van der Waals surface area contributed by atoms with E-state index >= 15 is 0 Å². The van der Waals surface area contributed by atoms with Gasteiger partial charge in [-0.1, -0.05) is 13.0 Å². The minimum absolute atomic E-state index is 0.210. The average Bonchev–Trinajstić information content (AvgIpc) is 2.48. The molecule has 5 nitrogen and oxygen atoms in total. The van der Waals surface area contributed by atoms with Crippen molar-refractivity contribution in [2.45, 2.75) is 45.8 Å². The first-order valence-electron chi connectivity index (χ1n) is 8.03. The normalized spacial score (nSPS) is 18.1. The fourth-order valence-corrected chi connectivity index (χ4v) is 2.77. The van der Waals surface area contributed by atoms with Crippen LogP contribution in [-0.4, -0.2) is 52.7 Å². The number of carbonyl (C=O) groups is 1.